The van der Waals surface area contributed by atoms with Gasteiger partial charge in [0.1, 0.15) is 12.3 Å². The van der Waals surface area contributed by atoms with E-state index in [1.165, 1.54) is 6.33 Å². The van der Waals surface area contributed by atoms with E-state index in [1.54, 1.807) is 23.6 Å². The summed E-state index contributed by atoms with van der Waals surface area (Å²) >= 11 is 0. The Balaban J connectivity index is 2.06. The zero-order chi connectivity index (χ0) is 15.1. The molecule has 114 valence electrons. The number of anilines is 1. The summed E-state index contributed by atoms with van der Waals surface area (Å²) in [7, 11) is 3.53. The van der Waals surface area contributed by atoms with Crippen molar-refractivity contribution >= 4 is 17.1 Å². The molecule has 3 rings (SSSR count). The fourth-order valence-corrected chi connectivity index (χ4v) is 2.39. The van der Waals surface area contributed by atoms with Crippen molar-refractivity contribution in [1.29, 1.82) is 0 Å². The Bertz CT molecular complexity index is 709. The highest BCUT2D eigenvalue weighted by Gasteiger charge is 2.35. The zero-order valence-corrected chi connectivity index (χ0v) is 11.7. The molecular weight excluding hydrogens is 278 g/mol. The van der Waals surface area contributed by atoms with Gasteiger partial charge in [-0.05, 0) is 0 Å². The highest BCUT2D eigenvalue weighted by atomic mass is 16.5. The Morgan fingerprint density at radius 2 is 2.33 bits per heavy atom. The molecule has 3 N–H and O–H groups in total. The molecule has 0 spiro atoms. The van der Waals surface area contributed by atoms with Crippen molar-refractivity contribution < 1.29 is 14.9 Å². The number of fused-ring (bicyclic) bond motifs is 1. The van der Waals surface area contributed by atoms with Crippen LogP contribution in [-0.4, -0.2) is 62.6 Å². The van der Waals surface area contributed by atoms with Crippen molar-refractivity contribution in [2.75, 3.05) is 25.6 Å². The average molecular weight is 295 g/mol. The van der Waals surface area contributed by atoms with Gasteiger partial charge in [0.15, 0.2) is 11.2 Å². The lowest BCUT2D eigenvalue weighted by Gasteiger charge is -2.15. The Morgan fingerprint density at radius 1 is 1.57 bits per heavy atom. The van der Waals surface area contributed by atoms with Crippen LogP contribution in [0.2, 0.25) is 0 Å². The number of aromatic amines is 1. The topological polar surface area (TPSA) is 116 Å². The monoisotopic (exact) mass is 295 g/mol. The first-order valence-electron chi connectivity index (χ1n) is 6.60. The molecule has 21 heavy (non-hydrogen) atoms. The van der Waals surface area contributed by atoms with E-state index in [-0.39, 0.29) is 17.7 Å². The minimum Gasteiger partial charge on any atom is -0.394 e. The highest BCUT2D eigenvalue weighted by Crippen LogP contribution is 2.30. The van der Waals surface area contributed by atoms with Crippen molar-refractivity contribution in [3.63, 3.8) is 0 Å². The number of aliphatic hydroxyl groups excluding tert-OH is 2. The third-order valence-corrected chi connectivity index (χ3v) is 3.54. The number of hydrogen-bond acceptors (Lipinski definition) is 7. The van der Waals surface area contributed by atoms with Crippen LogP contribution in [0, 0.1) is 0 Å². The van der Waals surface area contributed by atoms with Crippen LogP contribution in [-0.2, 0) is 4.74 Å². The second-order valence-electron chi connectivity index (χ2n) is 5.22. The molecule has 1 aliphatic heterocycles. The van der Waals surface area contributed by atoms with E-state index >= 15 is 0 Å². The number of nitrogens with zero attached hydrogens (tertiary/aromatic N) is 4. The van der Waals surface area contributed by atoms with Gasteiger partial charge in [-0.1, -0.05) is 0 Å². The van der Waals surface area contributed by atoms with Gasteiger partial charge < -0.3 is 19.8 Å². The molecule has 0 saturated carbocycles. The molecule has 0 unspecified atom stereocenters. The van der Waals surface area contributed by atoms with E-state index in [1.807, 2.05) is 0 Å². The highest BCUT2D eigenvalue weighted by molar-refractivity contribution is 5.71. The molecule has 3 atom stereocenters. The lowest BCUT2D eigenvalue weighted by Crippen LogP contribution is -2.24. The number of rotatable bonds is 3. The Kier molecular flexibility index (Phi) is 3.40. The molecule has 1 fully saturated rings. The summed E-state index contributed by atoms with van der Waals surface area (Å²) in [5.74, 6) is 0.409. The first kappa shape index (κ1) is 14.0. The van der Waals surface area contributed by atoms with Crippen LogP contribution in [0.3, 0.4) is 0 Å². The maximum absolute atomic E-state index is 12.0. The van der Waals surface area contributed by atoms with Gasteiger partial charge in [-0.15, -0.1) is 0 Å². The Hall–Kier alpha value is -1.97. The van der Waals surface area contributed by atoms with Gasteiger partial charge in [0.25, 0.3) is 5.56 Å². The summed E-state index contributed by atoms with van der Waals surface area (Å²) < 4.78 is 7.18. The summed E-state index contributed by atoms with van der Waals surface area (Å²) in [6.45, 7) is -0.263. The smallest absolute Gasteiger partial charge is 0.280 e. The number of nitrogens with one attached hydrogen (secondary N) is 1. The van der Waals surface area contributed by atoms with Crippen molar-refractivity contribution in [2.24, 2.45) is 0 Å². The maximum atomic E-state index is 12.0. The van der Waals surface area contributed by atoms with E-state index in [9.17, 15) is 9.90 Å². The molecule has 1 aliphatic rings. The first-order valence-corrected chi connectivity index (χ1v) is 6.60. The molecule has 2 aromatic heterocycles. The van der Waals surface area contributed by atoms with Gasteiger partial charge in [0.05, 0.1) is 19.0 Å². The summed E-state index contributed by atoms with van der Waals surface area (Å²) in [5.41, 5.74) is 0.268. The van der Waals surface area contributed by atoms with Crippen LogP contribution in [0.25, 0.3) is 11.2 Å². The number of ether oxygens (including phenoxy) is 1. The predicted molar refractivity (Wildman–Crippen MR) is 74.1 cm³/mol. The number of imidazole rings is 1. The van der Waals surface area contributed by atoms with Gasteiger partial charge >= 0.3 is 0 Å². The van der Waals surface area contributed by atoms with Crippen molar-refractivity contribution in [1.82, 2.24) is 19.5 Å². The molecule has 9 nitrogen and oxygen atoms in total. The molecule has 0 aromatic carbocycles. The molecule has 3 heterocycles. The Morgan fingerprint density at radius 3 is 2.95 bits per heavy atom. The second kappa shape index (κ2) is 5.10. The Labute approximate surface area is 119 Å². The third kappa shape index (κ3) is 2.28. The van der Waals surface area contributed by atoms with E-state index < -0.39 is 18.4 Å². The van der Waals surface area contributed by atoms with Crippen molar-refractivity contribution in [3.05, 3.63) is 16.7 Å². The van der Waals surface area contributed by atoms with Gasteiger partial charge in [-0.3, -0.25) is 14.3 Å². The summed E-state index contributed by atoms with van der Waals surface area (Å²) in [6, 6.07) is 0. The third-order valence-electron chi connectivity index (χ3n) is 3.54. The quantitative estimate of drug-likeness (QED) is 0.653. The van der Waals surface area contributed by atoms with Gasteiger partial charge in [0.2, 0.25) is 5.95 Å². The number of aliphatic hydroxyl groups is 2. The van der Waals surface area contributed by atoms with Crippen LogP contribution in [0.5, 0.6) is 0 Å². The SMILES string of the molecule is CN(C)c1nc2c(ncn2[C@@H]2C[C@@H](O)[C@H](CO)O2)c(=O)[nH]1. The zero-order valence-electron chi connectivity index (χ0n) is 11.7. The molecule has 9 heteroatoms. The fraction of sp³-hybridized carbons (Fsp3) is 0.583. The lowest BCUT2D eigenvalue weighted by molar-refractivity contribution is -0.0432. The number of aromatic nitrogens is 4. The lowest BCUT2D eigenvalue weighted by atomic mass is 10.2. The van der Waals surface area contributed by atoms with Gasteiger partial charge in [0, 0.05) is 20.5 Å². The average Bonchev–Trinajstić information content (AvgIpc) is 3.01. The van der Waals surface area contributed by atoms with Crippen molar-refractivity contribution in [3.8, 4) is 0 Å². The maximum Gasteiger partial charge on any atom is 0.280 e. The summed E-state index contributed by atoms with van der Waals surface area (Å²) in [5, 5.41) is 19.0. The largest absolute Gasteiger partial charge is 0.394 e. The summed E-state index contributed by atoms with van der Waals surface area (Å²) in [6.07, 6.45) is -0.131. The minimum absolute atomic E-state index is 0.214. The predicted octanol–water partition coefficient (Wildman–Crippen LogP) is -1.17. The van der Waals surface area contributed by atoms with E-state index in [0.29, 0.717) is 18.0 Å². The molecule has 0 aliphatic carbocycles. The standard InChI is InChI=1S/C12H17N5O4/c1-16(2)12-14-10-9(11(20)15-12)13-5-17(10)8-3-6(19)7(4-18)21-8/h5-8,18-19H,3-4H2,1-2H3,(H,14,15,20)/t6-,7+,8+/m1/s1. The van der Waals surface area contributed by atoms with Gasteiger partial charge in [-0.25, -0.2) is 4.98 Å². The molecule has 2 aromatic rings. The number of H-pyrrole nitrogens is 1. The van der Waals surface area contributed by atoms with E-state index in [4.69, 9.17) is 9.84 Å². The van der Waals surface area contributed by atoms with Crippen LogP contribution >= 0.6 is 0 Å². The minimum atomic E-state index is -0.757. The summed E-state index contributed by atoms with van der Waals surface area (Å²) in [4.78, 5) is 24.7. The van der Waals surface area contributed by atoms with E-state index in [2.05, 4.69) is 15.0 Å². The van der Waals surface area contributed by atoms with Gasteiger partial charge in [-0.2, -0.15) is 4.98 Å². The van der Waals surface area contributed by atoms with E-state index in [0.717, 1.165) is 0 Å². The van der Waals surface area contributed by atoms with Crippen LogP contribution in [0.4, 0.5) is 5.95 Å². The fourth-order valence-electron chi connectivity index (χ4n) is 2.39. The molecule has 0 amide bonds. The van der Waals surface area contributed by atoms with Crippen LogP contribution in [0.1, 0.15) is 12.6 Å². The molecule has 0 bridgehead atoms. The second-order valence-corrected chi connectivity index (χ2v) is 5.22. The molecule has 1 saturated heterocycles. The molecule has 0 radical (unpaired) electrons. The van der Waals surface area contributed by atoms with Crippen molar-refractivity contribution in [2.45, 2.75) is 24.9 Å². The van der Waals surface area contributed by atoms with Crippen LogP contribution < -0.4 is 10.5 Å². The number of hydrogen-bond donors (Lipinski definition) is 3. The normalized spacial score (nSPS) is 25.6. The molecular formula is C12H17N5O4. The first-order chi connectivity index (χ1) is 10.0. The van der Waals surface area contributed by atoms with Crippen LogP contribution in [0.15, 0.2) is 11.1 Å².